The second kappa shape index (κ2) is 4.58. The molecule has 13 heavy (non-hydrogen) atoms. The van der Waals surface area contributed by atoms with Gasteiger partial charge in [-0.1, -0.05) is 6.42 Å². The van der Waals surface area contributed by atoms with E-state index in [0.29, 0.717) is 0 Å². The first-order valence-corrected chi connectivity index (χ1v) is 4.57. The highest BCUT2D eigenvalue weighted by molar-refractivity contribution is 5.73. The molecule has 0 aliphatic heterocycles. The molecule has 4 nitrogen and oxygen atoms in total. The van der Waals surface area contributed by atoms with Crippen molar-refractivity contribution in [2.75, 3.05) is 14.2 Å². The number of carbonyl (C=O) groups is 1. The Hall–Kier alpha value is -0.610. The first-order chi connectivity index (χ1) is 6.20. The van der Waals surface area contributed by atoms with Gasteiger partial charge in [-0.3, -0.25) is 4.79 Å². The third-order valence-electron chi connectivity index (χ3n) is 2.65. The van der Waals surface area contributed by atoms with Gasteiger partial charge in [0.25, 0.3) is 0 Å². The zero-order chi connectivity index (χ0) is 9.84. The number of nitrogens with two attached hydrogens (primary N) is 1. The maximum absolute atomic E-state index is 11.3. The van der Waals surface area contributed by atoms with Crippen molar-refractivity contribution < 1.29 is 14.3 Å². The smallest absolute Gasteiger partial charge is 0.311 e. The van der Waals surface area contributed by atoms with E-state index in [-0.39, 0.29) is 24.0 Å². The van der Waals surface area contributed by atoms with Crippen LogP contribution in [0.2, 0.25) is 0 Å². The summed E-state index contributed by atoms with van der Waals surface area (Å²) in [4.78, 5) is 11.3. The van der Waals surface area contributed by atoms with E-state index < -0.39 is 0 Å². The summed E-state index contributed by atoms with van der Waals surface area (Å²) in [7, 11) is 2.99. The van der Waals surface area contributed by atoms with Crippen molar-refractivity contribution in [3.8, 4) is 0 Å². The SMILES string of the molecule is COC(=O)C1CCCC(N)C1OC. The first kappa shape index (κ1) is 10.5. The average Bonchev–Trinajstić information content (AvgIpc) is 2.16. The van der Waals surface area contributed by atoms with Crippen LogP contribution >= 0.6 is 0 Å². The molecule has 0 bridgehead atoms. The molecule has 3 unspecified atom stereocenters. The standard InChI is InChI=1S/C9H17NO3/c1-12-8-6(9(11)13-2)4-3-5-7(8)10/h6-8H,3-5,10H2,1-2H3. The lowest BCUT2D eigenvalue weighted by atomic mass is 9.83. The van der Waals surface area contributed by atoms with E-state index in [0.717, 1.165) is 19.3 Å². The van der Waals surface area contributed by atoms with Crippen molar-refractivity contribution >= 4 is 5.97 Å². The zero-order valence-corrected chi connectivity index (χ0v) is 8.16. The Kier molecular flexibility index (Phi) is 3.69. The number of hydrogen-bond donors (Lipinski definition) is 1. The molecular weight excluding hydrogens is 170 g/mol. The lowest BCUT2D eigenvalue weighted by Crippen LogP contribution is -2.47. The molecular formula is C9H17NO3. The van der Waals surface area contributed by atoms with Crippen LogP contribution in [0.15, 0.2) is 0 Å². The summed E-state index contributed by atoms with van der Waals surface area (Å²) in [5, 5.41) is 0. The Balaban J connectivity index is 2.64. The van der Waals surface area contributed by atoms with Gasteiger partial charge in [0.2, 0.25) is 0 Å². The maximum Gasteiger partial charge on any atom is 0.311 e. The molecule has 1 rings (SSSR count). The normalized spacial score (nSPS) is 34.2. The molecule has 1 aliphatic rings. The zero-order valence-electron chi connectivity index (χ0n) is 8.16. The Morgan fingerprint density at radius 1 is 1.38 bits per heavy atom. The summed E-state index contributed by atoms with van der Waals surface area (Å²) in [6.45, 7) is 0. The second-order valence-electron chi connectivity index (χ2n) is 3.42. The number of methoxy groups -OCH3 is 2. The number of ether oxygens (including phenoxy) is 2. The monoisotopic (exact) mass is 187 g/mol. The lowest BCUT2D eigenvalue weighted by Gasteiger charge is -2.33. The van der Waals surface area contributed by atoms with Crippen LogP contribution < -0.4 is 5.73 Å². The van der Waals surface area contributed by atoms with Gasteiger partial charge in [-0.25, -0.2) is 0 Å². The Bertz CT molecular complexity index is 184. The minimum absolute atomic E-state index is 0.0390. The average molecular weight is 187 g/mol. The molecule has 0 amide bonds. The largest absolute Gasteiger partial charge is 0.469 e. The van der Waals surface area contributed by atoms with E-state index in [2.05, 4.69) is 0 Å². The topological polar surface area (TPSA) is 61.5 Å². The van der Waals surface area contributed by atoms with Gasteiger partial charge in [0, 0.05) is 13.2 Å². The van der Waals surface area contributed by atoms with E-state index in [1.165, 1.54) is 7.11 Å². The van der Waals surface area contributed by atoms with Crippen LogP contribution in [0.25, 0.3) is 0 Å². The molecule has 1 fully saturated rings. The third kappa shape index (κ3) is 2.19. The molecule has 0 aromatic heterocycles. The molecule has 0 aromatic carbocycles. The van der Waals surface area contributed by atoms with E-state index >= 15 is 0 Å². The molecule has 76 valence electrons. The van der Waals surface area contributed by atoms with Crippen LogP contribution in [0.5, 0.6) is 0 Å². The fraction of sp³-hybridized carbons (Fsp3) is 0.889. The Morgan fingerprint density at radius 2 is 2.08 bits per heavy atom. The summed E-state index contributed by atoms with van der Waals surface area (Å²) >= 11 is 0. The van der Waals surface area contributed by atoms with Gasteiger partial charge in [-0.05, 0) is 12.8 Å². The number of carbonyl (C=O) groups excluding carboxylic acids is 1. The molecule has 2 N–H and O–H groups in total. The van der Waals surface area contributed by atoms with E-state index in [9.17, 15) is 4.79 Å². The van der Waals surface area contributed by atoms with Crippen molar-refractivity contribution in [3.63, 3.8) is 0 Å². The van der Waals surface area contributed by atoms with E-state index in [4.69, 9.17) is 15.2 Å². The molecule has 0 radical (unpaired) electrons. The lowest BCUT2D eigenvalue weighted by molar-refractivity contribution is -0.153. The summed E-state index contributed by atoms with van der Waals surface area (Å²) < 4.78 is 9.91. The number of hydrogen-bond acceptors (Lipinski definition) is 4. The van der Waals surface area contributed by atoms with Gasteiger partial charge < -0.3 is 15.2 Å². The molecule has 0 aromatic rings. The Labute approximate surface area is 78.4 Å². The summed E-state index contributed by atoms with van der Waals surface area (Å²) in [6.07, 6.45) is 2.53. The van der Waals surface area contributed by atoms with Crippen LogP contribution in [0, 0.1) is 5.92 Å². The molecule has 1 aliphatic carbocycles. The Morgan fingerprint density at radius 3 is 2.62 bits per heavy atom. The van der Waals surface area contributed by atoms with Gasteiger partial charge in [0.05, 0.1) is 19.1 Å². The quantitative estimate of drug-likeness (QED) is 0.632. The predicted octanol–water partition coefficient (Wildman–Crippen LogP) is 0.302. The number of rotatable bonds is 2. The van der Waals surface area contributed by atoms with Crippen molar-refractivity contribution in [1.29, 1.82) is 0 Å². The molecule has 4 heteroatoms. The van der Waals surface area contributed by atoms with Crippen molar-refractivity contribution in [3.05, 3.63) is 0 Å². The summed E-state index contributed by atoms with van der Waals surface area (Å²) in [5.41, 5.74) is 5.84. The predicted molar refractivity (Wildman–Crippen MR) is 48.1 cm³/mol. The van der Waals surface area contributed by atoms with Crippen LogP contribution in [-0.2, 0) is 14.3 Å². The minimum Gasteiger partial charge on any atom is -0.469 e. The van der Waals surface area contributed by atoms with Crippen molar-refractivity contribution in [2.24, 2.45) is 11.7 Å². The molecule has 0 heterocycles. The van der Waals surface area contributed by atoms with Crippen LogP contribution in [0.1, 0.15) is 19.3 Å². The highest BCUT2D eigenvalue weighted by Gasteiger charge is 2.36. The van der Waals surface area contributed by atoms with Crippen LogP contribution in [0.4, 0.5) is 0 Å². The molecule has 0 spiro atoms. The second-order valence-corrected chi connectivity index (χ2v) is 3.42. The number of esters is 1. The minimum atomic E-state index is -0.206. The van der Waals surface area contributed by atoms with E-state index in [1.807, 2.05) is 0 Å². The van der Waals surface area contributed by atoms with Crippen molar-refractivity contribution in [1.82, 2.24) is 0 Å². The highest BCUT2D eigenvalue weighted by Crippen LogP contribution is 2.26. The molecule has 0 saturated heterocycles. The fourth-order valence-electron chi connectivity index (χ4n) is 1.94. The van der Waals surface area contributed by atoms with Gasteiger partial charge in [0.1, 0.15) is 0 Å². The first-order valence-electron chi connectivity index (χ1n) is 4.57. The van der Waals surface area contributed by atoms with Gasteiger partial charge in [0.15, 0.2) is 0 Å². The third-order valence-corrected chi connectivity index (χ3v) is 2.65. The van der Waals surface area contributed by atoms with Crippen LogP contribution in [0.3, 0.4) is 0 Å². The maximum atomic E-state index is 11.3. The van der Waals surface area contributed by atoms with Gasteiger partial charge in [-0.15, -0.1) is 0 Å². The summed E-state index contributed by atoms with van der Waals surface area (Å²) in [6, 6.07) is -0.0390. The van der Waals surface area contributed by atoms with Gasteiger partial charge >= 0.3 is 5.97 Å². The molecule has 1 saturated carbocycles. The van der Waals surface area contributed by atoms with Crippen molar-refractivity contribution in [2.45, 2.75) is 31.4 Å². The van der Waals surface area contributed by atoms with E-state index in [1.54, 1.807) is 7.11 Å². The summed E-state index contributed by atoms with van der Waals surface area (Å²) in [5.74, 6) is -0.388. The highest BCUT2D eigenvalue weighted by atomic mass is 16.5. The fourth-order valence-corrected chi connectivity index (χ4v) is 1.94. The van der Waals surface area contributed by atoms with Crippen LogP contribution in [-0.4, -0.2) is 32.3 Å². The molecule has 3 atom stereocenters. The van der Waals surface area contributed by atoms with Gasteiger partial charge in [-0.2, -0.15) is 0 Å².